The Morgan fingerprint density at radius 3 is 1.98 bits per heavy atom. The Morgan fingerprint density at radius 2 is 1.44 bits per heavy atom. The van der Waals surface area contributed by atoms with Crippen molar-refractivity contribution in [1.29, 1.82) is 0 Å². The maximum absolute atomic E-state index is 13.0. The Hall–Kier alpha value is -4.72. The summed E-state index contributed by atoms with van der Waals surface area (Å²) in [5.41, 5.74) is 11.8. The third kappa shape index (κ3) is 7.87. The zero-order valence-electron chi connectivity index (χ0n) is 29.0. The molecule has 1 fully saturated rings. The number of aromatic nitrogens is 4. The second-order valence-electron chi connectivity index (χ2n) is 13.6. The molecule has 1 aliphatic rings. The van der Waals surface area contributed by atoms with E-state index in [-0.39, 0.29) is 41.8 Å². The number of likely N-dealkylation sites (N-methyl/N-ethyl adjacent to an activating group) is 1. The van der Waals surface area contributed by atoms with Crippen molar-refractivity contribution in [2.45, 2.75) is 71.6 Å². The number of aromatic amines is 2. The maximum Gasteiger partial charge on any atom is 0.240 e. The van der Waals surface area contributed by atoms with Gasteiger partial charge in [0.1, 0.15) is 11.6 Å². The molecule has 0 radical (unpaired) electrons. The molecule has 5 rings (SSSR count). The summed E-state index contributed by atoms with van der Waals surface area (Å²) in [5, 5.41) is 3.09. The van der Waals surface area contributed by atoms with Crippen LogP contribution in [-0.2, 0) is 9.59 Å². The predicted octanol–water partition coefficient (Wildman–Crippen LogP) is 5.28. The molecule has 3 heterocycles. The molecule has 0 saturated carbocycles. The average molecular weight is 649 g/mol. The highest BCUT2D eigenvalue weighted by Crippen LogP contribution is 2.32. The van der Waals surface area contributed by atoms with Gasteiger partial charge >= 0.3 is 0 Å². The second kappa shape index (κ2) is 15.0. The molecule has 4 aromatic rings. The fourth-order valence-corrected chi connectivity index (χ4v) is 6.26. The molecule has 1 aliphatic heterocycles. The van der Waals surface area contributed by atoms with Crippen LogP contribution in [0, 0.1) is 23.7 Å². The van der Waals surface area contributed by atoms with Gasteiger partial charge in [-0.1, -0.05) is 63.8 Å². The summed E-state index contributed by atoms with van der Waals surface area (Å²) in [6, 6.07) is 15.0. The number of carbonyl (C=O) groups is 2. The Balaban J connectivity index is 1.19. The van der Waals surface area contributed by atoms with Crippen LogP contribution < -0.4 is 11.1 Å². The Bertz CT molecular complexity index is 1750. The van der Waals surface area contributed by atoms with Gasteiger partial charge in [-0.2, -0.15) is 0 Å². The number of nitrogens with two attached hydrogens (primary N) is 1. The van der Waals surface area contributed by atoms with Crippen LogP contribution in [0.15, 0.2) is 60.9 Å². The maximum atomic E-state index is 13.0. The Labute approximate surface area is 283 Å². The van der Waals surface area contributed by atoms with Crippen LogP contribution in [0.4, 0.5) is 0 Å². The molecular weight excluding hydrogens is 600 g/mol. The molecule has 252 valence electrons. The zero-order chi connectivity index (χ0) is 34.5. The first-order valence-corrected chi connectivity index (χ1v) is 16.8. The molecule has 0 unspecified atom stereocenters. The fourth-order valence-electron chi connectivity index (χ4n) is 6.26. The number of nitrogens with one attached hydrogen (secondary N) is 3. The van der Waals surface area contributed by atoms with Crippen molar-refractivity contribution in [3.05, 3.63) is 83.7 Å². The van der Waals surface area contributed by atoms with Gasteiger partial charge in [0.05, 0.1) is 47.9 Å². The molecule has 48 heavy (non-hydrogen) atoms. The first kappa shape index (κ1) is 34.6. The summed E-state index contributed by atoms with van der Waals surface area (Å²) in [7, 11) is 3.84. The zero-order valence-corrected chi connectivity index (χ0v) is 29.0. The number of rotatable bonds is 10. The van der Waals surface area contributed by atoms with Gasteiger partial charge in [0.15, 0.2) is 0 Å². The summed E-state index contributed by atoms with van der Waals surface area (Å²) < 4.78 is 0. The van der Waals surface area contributed by atoms with E-state index < -0.39 is 6.04 Å². The Kier molecular flexibility index (Phi) is 10.8. The number of hydrogen-bond acceptors (Lipinski definition) is 6. The number of amides is 2. The number of likely N-dealkylation sites (tertiary alicyclic amines) is 1. The van der Waals surface area contributed by atoms with Crippen LogP contribution in [0.1, 0.15) is 82.3 Å². The number of H-pyrrole nitrogens is 2. The summed E-state index contributed by atoms with van der Waals surface area (Å²) in [4.78, 5) is 45.6. The monoisotopic (exact) mass is 648 g/mol. The van der Waals surface area contributed by atoms with Gasteiger partial charge in [0.2, 0.25) is 11.8 Å². The van der Waals surface area contributed by atoms with Gasteiger partial charge < -0.3 is 25.9 Å². The number of nitrogens with zero attached hydrogens (tertiary/aromatic N) is 4. The molecule has 5 N–H and O–H groups in total. The van der Waals surface area contributed by atoms with Crippen molar-refractivity contribution < 1.29 is 9.59 Å². The largest absolute Gasteiger partial charge is 0.345 e. The van der Waals surface area contributed by atoms with E-state index in [0.29, 0.717) is 12.4 Å². The molecule has 0 spiro atoms. The van der Waals surface area contributed by atoms with E-state index in [0.717, 1.165) is 52.3 Å². The van der Waals surface area contributed by atoms with E-state index in [1.54, 1.807) is 6.20 Å². The molecular formula is C38H48N8O2. The lowest BCUT2D eigenvalue weighted by Gasteiger charge is -2.27. The molecule has 2 aromatic heterocycles. The standard InChI is InChI=1S/C38H48N8O2/c1-23(2)33(39)38(48)46-20-8-9-32(46)36-41-22-31(44-36)29-18-14-27(15-19-29)11-10-26-12-16-28(17-13-26)30-21-40-35(43-30)25(5)42-37(47)34(24(3)4)45(6)7/h12-19,21-25,32-34H,8-9,20,39H2,1-7H3,(H,40,43)(H,41,44)(H,42,47)/t25-,32-,33-,34-/m0/s1. The molecule has 10 nitrogen and oxygen atoms in total. The van der Waals surface area contributed by atoms with E-state index >= 15 is 0 Å². The fraction of sp³-hybridized carbons (Fsp3) is 0.421. The molecule has 0 aliphatic carbocycles. The molecule has 2 aromatic carbocycles. The molecule has 2 amide bonds. The second-order valence-corrected chi connectivity index (χ2v) is 13.6. The summed E-state index contributed by atoms with van der Waals surface area (Å²) in [5.74, 6) is 8.27. The van der Waals surface area contributed by atoms with Crippen LogP contribution in [0.5, 0.6) is 0 Å². The van der Waals surface area contributed by atoms with Crippen molar-refractivity contribution in [1.82, 2.24) is 35.1 Å². The minimum Gasteiger partial charge on any atom is -0.345 e. The minimum atomic E-state index is -0.502. The van der Waals surface area contributed by atoms with Crippen LogP contribution in [0.25, 0.3) is 22.5 Å². The first-order chi connectivity index (χ1) is 22.9. The van der Waals surface area contributed by atoms with E-state index in [1.165, 1.54) is 0 Å². The summed E-state index contributed by atoms with van der Waals surface area (Å²) in [6.07, 6.45) is 5.43. The van der Waals surface area contributed by atoms with Crippen LogP contribution in [0.2, 0.25) is 0 Å². The topological polar surface area (TPSA) is 136 Å². The van der Waals surface area contributed by atoms with Gasteiger partial charge in [0, 0.05) is 17.7 Å². The third-order valence-corrected chi connectivity index (χ3v) is 9.01. The van der Waals surface area contributed by atoms with Crippen molar-refractivity contribution in [3.63, 3.8) is 0 Å². The van der Waals surface area contributed by atoms with Gasteiger partial charge in [0.25, 0.3) is 0 Å². The smallest absolute Gasteiger partial charge is 0.240 e. The van der Waals surface area contributed by atoms with Crippen LogP contribution in [0.3, 0.4) is 0 Å². The van der Waals surface area contributed by atoms with E-state index in [4.69, 9.17) is 5.73 Å². The number of carbonyl (C=O) groups excluding carboxylic acids is 2. The van der Waals surface area contributed by atoms with Crippen molar-refractivity contribution in [2.24, 2.45) is 17.6 Å². The van der Waals surface area contributed by atoms with E-state index in [9.17, 15) is 9.59 Å². The van der Waals surface area contributed by atoms with Gasteiger partial charge in [-0.3, -0.25) is 14.5 Å². The van der Waals surface area contributed by atoms with E-state index in [2.05, 4.69) is 37.1 Å². The SMILES string of the molecule is CC(C)[C@H](N)C(=O)N1CCC[C@H]1c1ncc(-c2ccc(C#Cc3ccc(-c4cnc([C@H](C)NC(=O)[C@H](C(C)C)N(C)C)[nH]4)cc3)cc2)[nH]1. The summed E-state index contributed by atoms with van der Waals surface area (Å²) >= 11 is 0. The highest BCUT2D eigenvalue weighted by Gasteiger charge is 2.35. The molecule has 0 bridgehead atoms. The van der Waals surface area contributed by atoms with Gasteiger partial charge in [-0.05, 0) is 81.1 Å². The lowest BCUT2D eigenvalue weighted by atomic mass is 10.0. The minimum absolute atomic E-state index is 0.00847. The highest BCUT2D eigenvalue weighted by molar-refractivity contribution is 5.83. The molecule has 4 atom stereocenters. The lowest BCUT2D eigenvalue weighted by Crippen LogP contribution is -2.47. The highest BCUT2D eigenvalue weighted by atomic mass is 16.2. The third-order valence-electron chi connectivity index (χ3n) is 9.01. The lowest BCUT2D eigenvalue weighted by molar-refractivity contribution is -0.134. The first-order valence-electron chi connectivity index (χ1n) is 16.8. The van der Waals surface area contributed by atoms with Gasteiger partial charge in [-0.25, -0.2) is 9.97 Å². The predicted molar refractivity (Wildman–Crippen MR) is 189 cm³/mol. The average Bonchev–Trinajstić information content (AvgIpc) is 3.84. The quantitative estimate of drug-likeness (QED) is 0.173. The molecule has 10 heteroatoms. The van der Waals surface area contributed by atoms with E-state index in [1.807, 2.05) is 113 Å². The summed E-state index contributed by atoms with van der Waals surface area (Å²) in [6.45, 7) is 10.7. The van der Waals surface area contributed by atoms with Crippen LogP contribution in [-0.4, -0.2) is 74.3 Å². The van der Waals surface area contributed by atoms with Crippen molar-refractivity contribution in [3.8, 4) is 34.4 Å². The van der Waals surface area contributed by atoms with Crippen molar-refractivity contribution >= 4 is 11.8 Å². The van der Waals surface area contributed by atoms with Crippen LogP contribution >= 0.6 is 0 Å². The van der Waals surface area contributed by atoms with Gasteiger partial charge in [-0.15, -0.1) is 0 Å². The normalized spacial score (nSPS) is 16.6. The molecule has 1 saturated heterocycles. The Morgan fingerprint density at radius 1 is 0.875 bits per heavy atom. The number of benzene rings is 2. The number of hydrogen-bond donors (Lipinski definition) is 4. The van der Waals surface area contributed by atoms with Crippen molar-refractivity contribution in [2.75, 3.05) is 20.6 Å². The number of imidazole rings is 2.